The monoisotopic (exact) mass is 482 g/mol. The molecule has 1 amide bonds. The predicted octanol–water partition coefficient (Wildman–Crippen LogP) is 3.58. The van der Waals surface area contributed by atoms with Crippen LogP contribution in [0.2, 0.25) is 0 Å². The van der Waals surface area contributed by atoms with E-state index in [9.17, 15) is 9.59 Å². The third-order valence-corrected chi connectivity index (χ3v) is 6.12. The number of amides is 1. The molecule has 0 atom stereocenters. The number of carbonyl (C=O) groups is 2. The molecule has 0 radical (unpaired) electrons. The van der Waals surface area contributed by atoms with Crippen LogP contribution in [0.3, 0.4) is 0 Å². The second kappa shape index (κ2) is 12.8. The van der Waals surface area contributed by atoms with E-state index in [1.54, 1.807) is 31.4 Å². The molecule has 0 saturated heterocycles. The zero-order valence-electron chi connectivity index (χ0n) is 19.7. The molecule has 9 heteroatoms. The van der Waals surface area contributed by atoms with Crippen LogP contribution >= 0.6 is 11.8 Å². The van der Waals surface area contributed by atoms with Gasteiger partial charge < -0.3 is 19.4 Å². The zero-order valence-corrected chi connectivity index (χ0v) is 20.6. The average Bonchev–Trinajstić information content (AvgIpc) is 3.25. The van der Waals surface area contributed by atoms with Gasteiger partial charge in [-0.05, 0) is 55.8 Å². The van der Waals surface area contributed by atoms with Crippen molar-refractivity contribution in [1.29, 1.82) is 0 Å². The Bertz CT molecular complexity index is 1080. The van der Waals surface area contributed by atoms with E-state index in [2.05, 4.69) is 15.5 Å². The van der Waals surface area contributed by atoms with Crippen LogP contribution in [0.25, 0.3) is 0 Å². The molecule has 8 nitrogen and oxygen atoms in total. The summed E-state index contributed by atoms with van der Waals surface area (Å²) in [5, 5.41) is 12.1. The number of methoxy groups -OCH3 is 1. The fraction of sp³-hybridized carbons (Fsp3) is 0.360. The van der Waals surface area contributed by atoms with Crippen molar-refractivity contribution in [3.8, 4) is 11.5 Å². The molecule has 0 unspecified atom stereocenters. The minimum Gasteiger partial charge on any atom is -0.497 e. The van der Waals surface area contributed by atoms with E-state index in [0.29, 0.717) is 54.8 Å². The second-order valence-corrected chi connectivity index (χ2v) is 8.40. The quantitative estimate of drug-likeness (QED) is 0.372. The number of nitrogens with zero attached hydrogens (tertiary/aromatic N) is 3. The van der Waals surface area contributed by atoms with Crippen molar-refractivity contribution < 1.29 is 19.1 Å². The topological polar surface area (TPSA) is 95.3 Å². The molecule has 2 aromatic carbocycles. The largest absolute Gasteiger partial charge is 0.497 e. The van der Waals surface area contributed by atoms with Crippen LogP contribution in [0.1, 0.15) is 35.6 Å². The van der Waals surface area contributed by atoms with Crippen LogP contribution in [-0.4, -0.2) is 52.5 Å². The van der Waals surface area contributed by atoms with E-state index in [0.717, 1.165) is 17.1 Å². The van der Waals surface area contributed by atoms with Crippen molar-refractivity contribution >= 4 is 23.5 Å². The van der Waals surface area contributed by atoms with E-state index in [1.807, 2.05) is 42.7 Å². The fourth-order valence-corrected chi connectivity index (χ4v) is 4.24. The summed E-state index contributed by atoms with van der Waals surface area (Å²) in [6.45, 7) is 5.68. The number of rotatable bonds is 13. The Morgan fingerprint density at radius 1 is 1.00 bits per heavy atom. The molecule has 0 aliphatic heterocycles. The van der Waals surface area contributed by atoms with Gasteiger partial charge >= 0.3 is 0 Å². The number of benzene rings is 2. The third-order valence-electron chi connectivity index (χ3n) is 5.09. The van der Waals surface area contributed by atoms with Crippen molar-refractivity contribution in [2.45, 2.75) is 38.4 Å². The van der Waals surface area contributed by atoms with Crippen LogP contribution in [0.4, 0.5) is 0 Å². The van der Waals surface area contributed by atoms with Crippen molar-refractivity contribution in [2.75, 3.05) is 26.0 Å². The van der Waals surface area contributed by atoms with Gasteiger partial charge in [0.1, 0.15) is 23.1 Å². The van der Waals surface area contributed by atoms with Crippen LogP contribution in [0.15, 0.2) is 53.7 Å². The van der Waals surface area contributed by atoms with Crippen LogP contribution in [0.5, 0.6) is 11.5 Å². The molecule has 180 valence electrons. The number of ketones is 1. The lowest BCUT2D eigenvalue weighted by atomic mass is 10.1. The van der Waals surface area contributed by atoms with E-state index in [1.165, 1.54) is 11.8 Å². The van der Waals surface area contributed by atoms with E-state index < -0.39 is 0 Å². The minimum absolute atomic E-state index is 0.119. The van der Waals surface area contributed by atoms with Crippen LogP contribution < -0.4 is 14.8 Å². The van der Waals surface area contributed by atoms with E-state index in [-0.39, 0.29) is 11.7 Å². The number of thioether (sulfide) groups is 1. The fourth-order valence-electron chi connectivity index (χ4n) is 3.35. The van der Waals surface area contributed by atoms with Crippen molar-refractivity contribution in [3.63, 3.8) is 0 Å². The van der Waals surface area contributed by atoms with Gasteiger partial charge in [-0.2, -0.15) is 0 Å². The number of ether oxygens (including phenoxy) is 2. The smallest absolute Gasteiger partial charge is 0.251 e. The first-order valence-corrected chi connectivity index (χ1v) is 12.2. The summed E-state index contributed by atoms with van der Waals surface area (Å²) in [7, 11) is 1.59. The van der Waals surface area contributed by atoms with Gasteiger partial charge in [-0.25, -0.2) is 0 Å². The summed E-state index contributed by atoms with van der Waals surface area (Å²) in [5.74, 6) is 2.57. The molecule has 3 rings (SSSR count). The highest BCUT2D eigenvalue weighted by molar-refractivity contribution is 7.99. The zero-order chi connectivity index (χ0) is 24.3. The normalized spacial score (nSPS) is 10.7. The van der Waals surface area contributed by atoms with Gasteiger partial charge in [-0.3, -0.25) is 9.59 Å². The number of hydrogen-bond donors (Lipinski definition) is 1. The summed E-state index contributed by atoms with van der Waals surface area (Å²) in [4.78, 5) is 24.8. The number of aromatic nitrogens is 3. The standard InChI is InChI=1S/C25H30N4O4S/c1-4-29-23(14-15-26-24(31)19-8-12-21(32-3)13-9-19)27-28-25(29)34-17-20(30)16-18-6-10-22(11-7-18)33-5-2/h6-13H,4-5,14-17H2,1-3H3,(H,26,31). The first-order valence-electron chi connectivity index (χ1n) is 11.2. The van der Waals surface area contributed by atoms with Crippen molar-refractivity contribution in [3.05, 3.63) is 65.5 Å². The van der Waals surface area contributed by atoms with Crippen molar-refractivity contribution in [2.24, 2.45) is 0 Å². The molecule has 34 heavy (non-hydrogen) atoms. The van der Waals surface area contributed by atoms with Gasteiger partial charge in [0.05, 0.1) is 19.5 Å². The molecule has 0 fully saturated rings. The highest BCUT2D eigenvalue weighted by Crippen LogP contribution is 2.19. The number of nitrogens with one attached hydrogen (secondary N) is 1. The highest BCUT2D eigenvalue weighted by Gasteiger charge is 2.14. The lowest BCUT2D eigenvalue weighted by molar-refractivity contribution is -0.116. The Labute approximate surface area is 204 Å². The lowest BCUT2D eigenvalue weighted by Gasteiger charge is -2.09. The summed E-state index contributed by atoms with van der Waals surface area (Å²) in [6.07, 6.45) is 0.910. The maximum absolute atomic E-state index is 12.5. The maximum Gasteiger partial charge on any atom is 0.251 e. The van der Waals surface area contributed by atoms with Crippen molar-refractivity contribution in [1.82, 2.24) is 20.1 Å². The molecule has 0 aliphatic carbocycles. The Balaban J connectivity index is 1.48. The van der Waals surface area contributed by atoms with Crippen LogP contribution in [-0.2, 0) is 24.2 Å². The summed E-state index contributed by atoms with van der Waals surface area (Å²) < 4.78 is 12.5. The molecule has 0 saturated carbocycles. The summed E-state index contributed by atoms with van der Waals surface area (Å²) in [5.41, 5.74) is 1.53. The molecular formula is C25H30N4O4S. The molecule has 0 bridgehead atoms. The van der Waals surface area contributed by atoms with E-state index in [4.69, 9.17) is 9.47 Å². The third kappa shape index (κ3) is 7.08. The minimum atomic E-state index is -0.153. The number of Topliss-reactive ketones (excluding diaryl/α,β-unsaturated/α-hetero) is 1. The van der Waals surface area contributed by atoms with E-state index >= 15 is 0 Å². The predicted molar refractivity (Wildman–Crippen MR) is 132 cm³/mol. The number of hydrogen-bond acceptors (Lipinski definition) is 7. The maximum atomic E-state index is 12.5. The molecular weight excluding hydrogens is 452 g/mol. The van der Waals surface area contributed by atoms with Gasteiger partial charge in [0, 0.05) is 31.5 Å². The molecule has 1 N–H and O–H groups in total. The molecule has 0 spiro atoms. The molecule has 1 heterocycles. The first kappa shape index (κ1) is 25.3. The Hall–Kier alpha value is -3.33. The summed E-state index contributed by atoms with van der Waals surface area (Å²) >= 11 is 1.39. The number of carbonyl (C=O) groups excluding carboxylic acids is 2. The van der Waals surface area contributed by atoms with Gasteiger partial charge in [0.2, 0.25) is 0 Å². The lowest BCUT2D eigenvalue weighted by Crippen LogP contribution is -2.26. The summed E-state index contributed by atoms with van der Waals surface area (Å²) in [6, 6.07) is 14.6. The van der Waals surface area contributed by atoms with Gasteiger partial charge in [-0.1, -0.05) is 23.9 Å². The Kier molecular flexibility index (Phi) is 9.51. The molecule has 3 aromatic rings. The molecule has 0 aliphatic rings. The first-order chi connectivity index (χ1) is 16.5. The Morgan fingerprint density at radius 2 is 1.71 bits per heavy atom. The van der Waals surface area contributed by atoms with Gasteiger partial charge in [0.15, 0.2) is 5.16 Å². The average molecular weight is 483 g/mol. The van der Waals surface area contributed by atoms with Gasteiger partial charge in [-0.15, -0.1) is 10.2 Å². The SMILES string of the molecule is CCOc1ccc(CC(=O)CSc2nnc(CCNC(=O)c3ccc(OC)cc3)n2CC)cc1. The van der Waals surface area contributed by atoms with Gasteiger partial charge in [0.25, 0.3) is 5.91 Å². The van der Waals surface area contributed by atoms with Crippen LogP contribution in [0, 0.1) is 0 Å². The second-order valence-electron chi connectivity index (χ2n) is 7.46. The highest BCUT2D eigenvalue weighted by atomic mass is 32.2. The Morgan fingerprint density at radius 3 is 2.35 bits per heavy atom. The molecule has 1 aromatic heterocycles.